The lowest BCUT2D eigenvalue weighted by molar-refractivity contribution is 0.0696. The number of carboxylic acid groups (broad SMARTS) is 1. The lowest BCUT2D eigenvalue weighted by Crippen LogP contribution is -2.42. The van der Waals surface area contributed by atoms with Crippen molar-refractivity contribution in [3.8, 4) is 0 Å². The van der Waals surface area contributed by atoms with Crippen molar-refractivity contribution < 1.29 is 27.8 Å². The summed E-state index contributed by atoms with van der Waals surface area (Å²) in [5, 5.41) is 18.5. The van der Waals surface area contributed by atoms with E-state index in [4.69, 9.17) is 5.11 Å². The number of piperidine rings is 1. The van der Waals surface area contributed by atoms with Crippen molar-refractivity contribution in [3.63, 3.8) is 0 Å². The molecule has 6 nitrogen and oxygen atoms in total. The number of aliphatic hydroxyl groups excluding tert-OH is 1. The van der Waals surface area contributed by atoms with Crippen molar-refractivity contribution >= 4 is 16.0 Å². The summed E-state index contributed by atoms with van der Waals surface area (Å²) in [6, 6.07) is 1.75. The third kappa shape index (κ3) is 3.07. The van der Waals surface area contributed by atoms with E-state index in [9.17, 15) is 22.7 Å². The third-order valence-corrected chi connectivity index (χ3v) is 5.51. The number of aromatic carboxylic acids is 1. The van der Waals surface area contributed by atoms with Crippen LogP contribution in [0, 0.1) is 12.7 Å². The smallest absolute Gasteiger partial charge is 0.335 e. The Morgan fingerprint density at radius 3 is 2.67 bits per heavy atom. The van der Waals surface area contributed by atoms with Gasteiger partial charge in [-0.25, -0.2) is 17.6 Å². The molecule has 2 N–H and O–H groups in total. The van der Waals surface area contributed by atoms with Gasteiger partial charge in [-0.15, -0.1) is 0 Å². The molecule has 0 aliphatic carbocycles. The third-order valence-electron chi connectivity index (χ3n) is 3.52. The van der Waals surface area contributed by atoms with Gasteiger partial charge in [0.25, 0.3) is 0 Å². The van der Waals surface area contributed by atoms with Gasteiger partial charge in [-0.2, -0.15) is 4.31 Å². The molecule has 1 aliphatic rings. The van der Waals surface area contributed by atoms with Crippen LogP contribution in [0.2, 0.25) is 0 Å². The average molecular weight is 317 g/mol. The van der Waals surface area contributed by atoms with Crippen LogP contribution in [0.4, 0.5) is 4.39 Å². The van der Waals surface area contributed by atoms with E-state index < -0.39 is 33.5 Å². The zero-order chi connectivity index (χ0) is 15.8. The van der Waals surface area contributed by atoms with Gasteiger partial charge in [0, 0.05) is 18.7 Å². The first-order chi connectivity index (χ1) is 9.73. The van der Waals surface area contributed by atoms with E-state index in [2.05, 4.69) is 0 Å². The molecule has 0 radical (unpaired) electrons. The quantitative estimate of drug-likeness (QED) is 0.866. The number of carbonyl (C=O) groups is 1. The molecular formula is C13H16FNO5S. The summed E-state index contributed by atoms with van der Waals surface area (Å²) in [5.74, 6) is -2.28. The minimum Gasteiger partial charge on any atom is -0.478 e. The summed E-state index contributed by atoms with van der Waals surface area (Å²) in [4.78, 5) is 10.6. The van der Waals surface area contributed by atoms with Crippen molar-refractivity contribution in [1.82, 2.24) is 4.31 Å². The van der Waals surface area contributed by atoms with Crippen LogP contribution in [0.15, 0.2) is 17.0 Å². The first kappa shape index (κ1) is 15.9. The van der Waals surface area contributed by atoms with Crippen LogP contribution < -0.4 is 0 Å². The number of hydrogen-bond donors (Lipinski definition) is 2. The van der Waals surface area contributed by atoms with E-state index in [-0.39, 0.29) is 23.5 Å². The molecule has 116 valence electrons. The average Bonchev–Trinajstić information content (AvgIpc) is 2.41. The summed E-state index contributed by atoms with van der Waals surface area (Å²) in [5.41, 5.74) is -0.547. The van der Waals surface area contributed by atoms with Gasteiger partial charge in [0.1, 0.15) is 5.82 Å². The van der Waals surface area contributed by atoms with Crippen LogP contribution in [-0.4, -0.2) is 48.1 Å². The predicted octanol–water partition coefficient (Wildman–Crippen LogP) is 0.978. The molecule has 0 unspecified atom stereocenters. The number of sulfonamides is 1. The predicted molar refractivity (Wildman–Crippen MR) is 72.1 cm³/mol. The van der Waals surface area contributed by atoms with Crippen molar-refractivity contribution in [2.24, 2.45) is 0 Å². The zero-order valence-electron chi connectivity index (χ0n) is 11.4. The second kappa shape index (κ2) is 5.70. The van der Waals surface area contributed by atoms with Crippen molar-refractivity contribution in [2.75, 3.05) is 13.1 Å². The van der Waals surface area contributed by atoms with Gasteiger partial charge < -0.3 is 10.2 Å². The monoisotopic (exact) mass is 317 g/mol. The van der Waals surface area contributed by atoms with Crippen molar-refractivity contribution in [2.45, 2.75) is 30.8 Å². The van der Waals surface area contributed by atoms with Crippen LogP contribution in [0.1, 0.15) is 28.8 Å². The minimum atomic E-state index is -4.03. The normalized spacial score (nSPS) is 20.4. The highest BCUT2D eigenvalue weighted by molar-refractivity contribution is 7.89. The Kier molecular flexibility index (Phi) is 4.31. The summed E-state index contributed by atoms with van der Waals surface area (Å²) < 4.78 is 39.9. The number of halogens is 1. The van der Waals surface area contributed by atoms with Gasteiger partial charge in [-0.1, -0.05) is 0 Å². The van der Waals surface area contributed by atoms with Gasteiger partial charge in [0.15, 0.2) is 0 Å². The fraction of sp³-hybridized carbons (Fsp3) is 0.462. The largest absolute Gasteiger partial charge is 0.478 e. The molecular weight excluding hydrogens is 301 g/mol. The van der Waals surface area contributed by atoms with Gasteiger partial charge >= 0.3 is 5.97 Å². The molecule has 1 atom stereocenters. The molecule has 0 saturated carbocycles. The number of hydrogen-bond acceptors (Lipinski definition) is 4. The van der Waals surface area contributed by atoms with Gasteiger partial charge in [-0.05, 0) is 31.9 Å². The van der Waals surface area contributed by atoms with Gasteiger partial charge in [-0.3, -0.25) is 0 Å². The summed E-state index contributed by atoms with van der Waals surface area (Å²) in [6.07, 6.45) is 0.246. The second-order valence-corrected chi connectivity index (χ2v) is 6.95. The molecule has 21 heavy (non-hydrogen) atoms. The van der Waals surface area contributed by atoms with E-state index in [1.165, 1.54) is 6.92 Å². The first-order valence-corrected chi connectivity index (χ1v) is 7.89. The van der Waals surface area contributed by atoms with Gasteiger partial charge in [0.2, 0.25) is 10.0 Å². The lowest BCUT2D eigenvalue weighted by atomic mass is 10.1. The highest BCUT2D eigenvalue weighted by atomic mass is 32.2. The molecule has 1 fully saturated rings. The first-order valence-electron chi connectivity index (χ1n) is 6.45. The van der Waals surface area contributed by atoms with Gasteiger partial charge in [0.05, 0.1) is 16.6 Å². The Bertz CT molecular complexity index is 673. The standard InChI is InChI=1S/C13H16FNO5S/c1-8-11(14)5-9(13(17)18)6-12(8)21(19,20)15-4-2-3-10(16)7-15/h5-6,10,16H,2-4,7H2,1H3,(H,17,18)/t10-/m0/s1. The molecule has 8 heteroatoms. The zero-order valence-corrected chi connectivity index (χ0v) is 12.2. The highest BCUT2D eigenvalue weighted by Gasteiger charge is 2.32. The number of rotatable bonds is 3. The Hall–Kier alpha value is -1.51. The molecule has 1 aromatic rings. The summed E-state index contributed by atoms with van der Waals surface area (Å²) >= 11 is 0. The molecule has 2 rings (SSSR count). The maximum absolute atomic E-state index is 13.8. The van der Waals surface area contributed by atoms with Crippen LogP contribution in [0.3, 0.4) is 0 Å². The molecule has 1 aromatic carbocycles. The topological polar surface area (TPSA) is 94.9 Å². The minimum absolute atomic E-state index is 0.0688. The van der Waals surface area contributed by atoms with E-state index in [0.29, 0.717) is 12.8 Å². The van der Waals surface area contributed by atoms with E-state index in [1.807, 2.05) is 0 Å². The van der Waals surface area contributed by atoms with Crippen LogP contribution in [0.25, 0.3) is 0 Å². The molecule has 0 aromatic heterocycles. The molecule has 1 heterocycles. The fourth-order valence-corrected chi connectivity index (χ4v) is 4.10. The number of carboxylic acids is 1. The number of aliphatic hydroxyl groups is 1. The fourth-order valence-electron chi connectivity index (χ4n) is 2.32. The van der Waals surface area contributed by atoms with Crippen molar-refractivity contribution in [3.05, 3.63) is 29.1 Å². The van der Waals surface area contributed by atoms with E-state index >= 15 is 0 Å². The van der Waals surface area contributed by atoms with Crippen molar-refractivity contribution in [1.29, 1.82) is 0 Å². The molecule has 0 spiro atoms. The molecule has 1 saturated heterocycles. The Morgan fingerprint density at radius 2 is 2.10 bits per heavy atom. The second-order valence-electron chi connectivity index (χ2n) is 5.05. The van der Waals surface area contributed by atoms with E-state index in [0.717, 1.165) is 16.4 Å². The maximum atomic E-state index is 13.8. The highest BCUT2D eigenvalue weighted by Crippen LogP contribution is 2.26. The van der Waals surface area contributed by atoms with Crippen LogP contribution in [-0.2, 0) is 10.0 Å². The Morgan fingerprint density at radius 1 is 1.43 bits per heavy atom. The summed E-state index contributed by atoms with van der Waals surface area (Å²) in [6.45, 7) is 1.44. The molecule has 1 aliphatic heterocycles. The number of nitrogens with zero attached hydrogens (tertiary/aromatic N) is 1. The SMILES string of the molecule is Cc1c(F)cc(C(=O)O)cc1S(=O)(=O)N1CCC[C@H](O)C1. The van der Waals surface area contributed by atoms with Crippen LogP contribution >= 0.6 is 0 Å². The Balaban J connectivity index is 2.51. The summed E-state index contributed by atoms with van der Waals surface area (Å²) in [7, 11) is -4.03. The molecule has 0 amide bonds. The number of benzene rings is 1. The van der Waals surface area contributed by atoms with E-state index in [1.54, 1.807) is 0 Å². The number of β-amino-alcohol motifs (C(OH)–C–C–N with tert-alkyl or cyclic N) is 1. The Labute approximate surface area is 121 Å². The maximum Gasteiger partial charge on any atom is 0.335 e. The lowest BCUT2D eigenvalue weighted by Gasteiger charge is -2.29. The van der Waals surface area contributed by atoms with Crippen LogP contribution in [0.5, 0.6) is 0 Å². The molecule has 0 bridgehead atoms.